The van der Waals surface area contributed by atoms with E-state index >= 15 is 0 Å². The molecule has 6 heteroatoms. The number of benzene rings is 3. The first kappa shape index (κ1) is 23.0. The van der Waals surface area contributed by atoms with Crippen molar-refractivity contribution in [3.63, 3.8) is 0 Å². The predicted octanol–water partition coefficient (Wildman–Crippen LogP) is 5.26. The summed E-state index contributed by atoms with van der Waals surface area (Å²) in [6.45, 7) is 6.91. The van der Waals surface area contributed by atoms with E-state index in [1.54, 1.807) is 0 Å². The Hall–Kier alpha value is -3.80. The van der Waals surface area contributed by atoms with E-state index in [-0.39, 0.29) is 17.7 Å². The molecule has 1 saturated heterocycles. The van der Waals surface area contributed by atoms with Gasteiger partial charge in [0.2, 0.25) is 11.8 Å². The third-order valence-corrected chi connectivity index (χ3v) is 6.63. The van der Waals surface area contributed by atoms with Crippen LogP contribution in [0.5, 0.6) is 11.5 Å². The van der Waals surface area contributed by atoms with Gasteiger partial charge in [0.05, 0.1) is 5.92 Å². The van der Waals surface area contributed by atoms with Crippen LogP contribution in [0.1, 0.15) is 37.3 Å². The standard InChI is InChI=1S/C29H31N3O3/c1-20(2)19-27(33)30-21-11-13-22(14-12-21)31-15-17-32(18-16-31)29(34)28-23-7-3-5-9-25(23)35-26-10-6-4-8-24(26)28/h3-14,20,28H,15-19H2,1-2H3,(H,30,33). The molecule has 6 nitrogen and oxygen atoms in total. The van der Waals surface area contributed by atoms with Crippen molar-refractivity contribution in [2.75, 3.05) is 36.4 Å². The number of hydrogen-bond acceptors (Lipinski definition) is 4. The van der Waals surface area contributed by atoms with Crippen molar-refractivity contribution in [3.8, 4) is 11.5 Å². The minimum absolute atomic E-state index is 0.0381. The van der Waals surface area contributed by atoms with Crippen LogP contribution in [0, 0.1) is 5.92 Å². The quantitative estimate of drug-likeness (QED) is 0.554. The molecule has 2 aliphatic rings. The van der Waals surface area contributed by atoms with E-state index in [1.807, 2.05) is 91.5 Å². The molecule has 2 amide bonds. The Bertz CT molecular complexity index is 1170. The van der Waals surface area contributed by atoms with E-state index in [9.17, 15) is 9.59 Å². The van der Waals surface area contributed by atoms with Crippen molar-refractivity contribution < 1.29 is 14.3 Å². The van der Waals surface area contributed by atoms with Crippen LogP contribution in [0.15, 0.2) is 72.8 Å². The van der Waals surface area contributed by atoms with E-state index in [4.69, 9.17) is 4.74 Å². The Balaban J connectivity index is 1.25. The van der Waals surface area contributed by atoms with Crippen molar-refractivity contribution in [3.05, 3.63) is 83.9 Å². The summed E-state index contributed by atoms with van der Waals surface area (Å²) in [5.41, 5.74) is 3.76. The molecule has 1 fully saturated rings. The van der Waals surface area contributed by atoms with Gasteiger partial charge >= 0.3 is 0 Å². The molecular weight excluding hydrogens is 438 g/mol. The van der Waals surface area contributed by atoms with Gasteiger partial charge in [0.1, 0.15) is 11.5 Å². The summed E-state index contributed by atoms with van der Waals surface area (Å²) in [5, 5.41) is 2.96. The van der Waals surface area contributed by atoms with Gasteiger partial charge < -0.3 is 19.9 Å². The fourth-order valence-corrected chi connectivity index (χ4v) is 4.88. The molecule has 0 atom stereocenters. The zero-order valence-electron chi connectivity index (χ0n) is 20.2. The number of fused-ring (bicyclic) bond motifs is 2. The Morgan fingerprint density at radius 2 is 1.43 bits per heavy atom. The number of amides is 2. The highest BCUT2D eigenvalue weighted by Crippen LogP contribution is 2.44. The van der Waals surface area contributed by atoms with Gasteiger partial charge in [0, 0.05) is 55.1 Å². The second-order valence-electron chi connectivity index (χ2n) is 9.62. The van der Waals surface area contributed by atoms with Crippen LogP contribution in [0.25, 0.3) is 0 Å². The van der Waals surface area contributed by atoms with Crippen molar-refractivity contribution in [2.45, 2.75) is 26.2 Å². The zero-order chi connectivity index (χ0) is 24.4. The van der Waals surface area contributed by atoms with Crippen LogP contribution in [-0.2, 0) is 9.59 Å². The third kappa shape index (κ3) is 4.87. The molecule has 0 saturated carbocycles. The second-order valence-corrected chi connectivity index (χ2v) is 9.62. The van der Waals surface area contributed by atoms with Crippen molar-refractivity contribution >= 4 is 23.2 Å². The highest BCUT2D eigenvalue weighted by Gasteiger charge is 2.36. The molecule has 1 N–H and O–H groups in total. The number of hydrogen-bond donors (Lipinski definition) is 1. The lowest BCUT2D eigenvalue weighted by Gasteiger charge is -2.38. The number of nitrogens with one attached hydrogen (secondary N) is 1. The molecular formula is C29H31N3O3. The molecule has 0 spiro atoms. The molecule has 0 radical (unpaired) electrons. The van der Waals surface area contributed by atoms with E-state index in [1.165, 1.54) is 0 Å². The predicted molar refractivity (Wildman–Crippen MR) is 138 cm³/mol. The molecule has 2 aliphatic heterocycles. The summed E-state index contributed by atoms with van der Waals surface area (Å²) in [7, 11) is 0. The topological polar surface area (TPSA) is 61.9 Å². The Morgan fingerprint density at radius 3 is 2.00 bits per heavy atom. The normalized spacial score (nSPS) is 15.3. The summed E-state index contributed by atoms with van der Waals surface area (Å²) in [4.78, 5) is 30.0. The summed E-state index contributed by atoms with van der Waals surface area (Å²) < 4.78 is 6.07. The fourth-order valence-electron chi connectivity index (χ4n) is 4.88. The minimum Gasteiger partial charge on any atom is -0.457 e. The van der Waals surface area contributed by atoms with Crippen LogP contribution in [-0.4, -0.2) is 42.9 Å². The maximum absolute atomic E-state index is 13.8. The third-order valence-electron chi connectivity index (χ3n) is 6.63. The van der Waals surface area contributed by atoms with Crippen LogP contribution < -0.4 is 15.0 Å². The maximum atomic E-state index is 13.8. The monoisotopic (exact) mass is 469 g/mol. The SMILES string of the molecule is CC(C)CC(=O)Nc1ccc(N2CCN(C(=O)C3c4ccccc4Oc4ccccc43)CC2)cc1. The van der Waals surface area contributed by atoms with Crippen LogP contribution in [0.2, 0.25) is 0 Å². The molecule has 0 aliphatic carbocycles. The molecule has 0 aromatic heterocycles. The Labute approximate surface area is 206 Å². The largest absolute Gasteiger partial charge is 0.457 e. The maximum Gasteiger partial charge on any atom is 0.234 e. The summed E-state index contributed by atoms with van der Waals surface area (Å²) >= 11 is 0. The zero-order valence-corrected chi connectivity index (χ0v) is 20.2. The highest BCUT2D eigenvalue weighted by molar-refractivity contribution is 5.91. The van der Waals surface area contributed by atoms with Gasteiger partial charge in [-0.3, -0.25) is 9.59 Å². The van der Waals surface area contributed by atoms with Gasteiger partial charge in [0.25, 0.3) is 0 Å². The summed E-state index contributed by atoms with van der Waals surface area (Å²) in [5.74, 6) is 1.65. The molecule has 3 aromatic rings. The number of carbonyl (C=O) groups is 2. The molecule has 2 heterocycles. The van der Waals surface area contributed by atoms with E-state index < -0.39 is 0 Å². The molecule has 0 bridgehead atoms. The van der Waals surface area contributed by atoms with E-state index in [2.05, 4.69) is 10.2 Å². The number of piperazine rings is 1. The Kier molecular flexibility index (Phi) is 6.45. The fraction of sp³-hybridized carbons (Fsp3) is 0.310. The van der Waals surface area contributed by atoms with Gasteiger partial charge in [0.15, 0.2) is 0 Å². The molecule has 180 valence electrons. The first-order chi connectivity index (χ1) is 17.0. The lowest BCUT2D eigenvalue weighted by Crippen LogP contribution is -2.50. The number of carbonyl (C=O) groups excluding carboxylic acids is 2. The number of anilines is 2. The van der Waals surface area contributed by atoms with E-state index in [0.29, 0.717) is 25.4 Å². The summed E-state index contributed by atoms with van der Waals surface area (Å²) in [6, 6.07) is 23.6. The number of ether oxygens (including phenoxy) is 1. The smallest absolute Gasteiger partial charge is 0.234 e. The molecule has 35 heavy (non-hydrogen) atoms. The van der Waals surface area contributed by atoms with Gasteiger partial charge in [-0.1, -0.05) is 50.2 Å². The molecule has 0 unspecified atom stereocenters. The average molecular weight is 470 g/mol. The lowest BCUT2D eigenvalue weighted by atomic mass is 9.86. The lowest BCUT2D eigenvalue weighted by molar-refractivity contribution is -0.132. The highest BCUT2D eigenvalue weighted by atomic mass is 16.5. The van der Waals surface area contributed by atoms with Crippen LogP contribution >= 0.6 is 0 Å². The van der Waals surface area contributed by atoms with Crippen molar-refractivity contribution in [1.82, 2.24) is 4.90 Å². The van der Waals surface area contributed by atoms with E-state index in [0.717, 1.165) is 47.1 Å². The van der Waals surface area contributed by atoms with Gasteiger partial charge in [-0.2, -0.15) is 0 Å². The minimum atomic E-state index is -0.351. The first-order valence-corrected chi connectivity index (χ1v) is 12.3. The van der Waals surface area contributed by atoms with Crippen molar-refractivity contribution in [1.29, 1.82) is 0 Å². The Morgan fingerprint density at radius 1 is 0.857 bits per heavy atom. The summed E-state index contributed by atoms with van der Waals surface area (Å²) in [6.07, 6.45) is 0.514. The molecule has 5 rings (SSSR count). The van der Waals surface area contributed by atoms with Gasteiger partial charge in [-0.15, -0.1) is 0 Å². The van der Waals surface area contributed by atoms with Crippen LogP contribution in [0.4, 0.5) is 11.4 Å². The molecule has 3 aromatic carbocycles. The average Bonchev–Trinajstić information content (AvgIpc) is 2.87. The van der Waals surface area contributed by atoms with Crippen LogP contribution in [0.3, 0.4) is 0 Å². The first-order valence-electron chi connectivity index (χ1n) is 12.3. The van der Waals surface area contributed by atoms with Gasteiger partial charge in [-0.05, 0) is 42.3 Å². The van der Waals surface area contributed by atoms with Gasteiger partial charge in [-0.25, -0.2) is 0 Å². The van der Waals surface area contributed by atoms with Crippen molar-refractivity contribution in [2.24, 2.45) is 5.92 Å². The number of nitrogens with zero attached hydrogens (tertiary/aromatic N) is 2. The second kappa shape index (κ2) is 9.82. The number of rotatable bonds is 5. The number of para-hydroxylation sites is 2.